The molecule has 1 fully saturated rings. The fourth-order valence-electron chi connectivity index (χ4n) is 2.71. The van der Waals surface area contributed by atoms with Gasteiger partial charge in [-0.1, -0.05) is 6.07 Å². The van der Waals surface area contributed by atoms with E-state index >= 15 is 0 Å². The summed E-state index contributed by atoms with van der Waals surface area (Å²) in [5, 5.41) is 0.602. The summed E-state index contributed by atoms with van der Waals surface area (Å²) in [6, 6.07) is 5.69. The largest absolute Gasteiger partial charge is 0.375 e. The topological polar surface area (TPSA) is 42.1 Å². The smallest absolute Gasteiger partial charge is 0.180 e. The highest BCUT2D eigenvalue weighted by Crippen LogP contribution is 2.35. The molecule has 0 spiro atoms. The molecule has 20 heavy (non-hydrogen) atoms. The summed E-state index contributed by atoms with van der Waals surface area (Å²) in [4.78, 5) is 7.62. The Morgan fingerprint density at radius 3 is 3.05 bits per heavy atom. The van der Waals surface area contributed by atoms with Crippen LogP contribution in [-0.4, -0.2) is 16.4 Å². The standard InChI is InChI=1S/C14H15BrFN3S/c15-11-4-3-9(6-12(11)16)13-2-1-5-19(13)8-10-7-18-14(17)20-10/h3-4,6-7,13H,1-2,5,8H2,(H2,17,18). The molecular formula is C14H15BrFN3S. The third-order valence-electron chi connectivity index (χ3n) is 3.62. The molecule has 1 aliphatic heterocycles. The number of likely N-dealkylation sites (tertiary alicyclic amines) is 1. The quantitative estimate of drug-likeness (QED) is 0.905. The van der Waals surface area contributed by atoms with Crippen molar-refractivity contribution in [3.63, 3.8) is 0 Å². The second-order valence-electron chi connectivity index (χ2n) is 4.97. The summed E-state index contributed by atoms with van der Waals surface area (Å²) < 4.78 is 14.2. The van der Waals surface area contributed by atoms with Gasteiger partial charge in [-0.15, -0.1) is 11.3 Å². The number of nitrogen functional groups attached to an aromatic ring is 1. The van der Waals surface area contributed by atoms with E-state index in [1.54, 1.807) is 12.1 Å². The molecule has 3 rings (SSSR count). The molecule has 0 amide bonds. The third kappa shape index (κ3) is 2.87. The molecule has 6 heteroatoms. The Morgan fingerprint density at radius 1 is 1.50 bits per heavy atom. The molecule has 1 atom stereocenters. The molecule has 2 heterocycles. The van der Waals surface area contributed by atoms with E-state index in [1.807, 2.05) is 12.3 Å². The minimum Gasteiger partial charge on any atom is -0.375 e. The van der Waals surface area contributed by atoms with Crippen LogP contribution in [0.5, 0.6) is 0 Å². The molecule has 0 bridgehead atoms. The molecule has 0 radical (unpaired) electrons. The van der Waals surface area contributed by atoms with Crippen molar-refractivity contribution in [2.24, 2.45) is 0 Å². The predicted octanol–water partition coefficient (Wildman–Crippen LogP) is 3.96. The van der Waals surface area contributed by atoms with Gasteiger partial charge in [0.05, 0.1) is 4.47 Å². The van der Waals surface area contributed by atoms with Crippen molar-refractivity contribution in [3.05, 3.63) is 45.1 Å². The van der Waals surface area contributed by atoms with Gasteiger partial charge in [0.15, 0.2) is 5.13 Å². The fraction of sp³-hybridized carbons (Fsp3) is 0.357. The van der Waals surface area contributed by atoms with Gasteiger partial charge in [0.1, 0.15) is 5.82 Å². The van der Waals surface area contributed by atoms with Gasteiger partial charge in [-0.25, -0.2) is 9.37 Å². The van der Waals surface area contributed by atoms with Gasteiger partial charge >= 0.3 is 0 Å². The molecule has 1 unspecified atom stereocenters. The summed E-state index contributed by atoms with van der Waals surface area (Å²) in [7, 11) is 0. The number of hydrogen-bond donors (Lipinski definition) is 1. The lowest BCUT2D eigenvalue weighted by Gasteiger charge is -2.24. The van der Waals surface area contributed by atoms with Crippen molar-refractivity contribution in [1.29, 1.82) is 0 Å². The SMILES string of the molecule is Nc1ncc(CN2CCCC2c2ccc(Br)c(F)c2)s1. The summed E-state index contributed by atoms with van der Waals surface area (Å²) in [6.07, 6.45) is 4.03. The van der Waals surface area contributed by atoms with E-state index in [-0.39, 0.29) is 11.9 Å². The van der Waals surface area contributed by atoms with Crippen LogP contribution < -0.4 is 5.73 Å². The van der Waals surface area contributed by atoms with Crippen LogP contribution in [0.1, 0.15) is 29.3 Å². The first-order chi connectivity index (χ1) is 9.63. The number of anilines is 1. The van der Waals surface area contributed by atoms with Crippen LogP contribution in [-0.2, 0) is 6.54 Å². The second-order valence-corrected chi connectivity index (χ2v) is 6.97. The summed E-state index contributed by atoms with van der Waals surface area (Å²) in [5.74, 6) is -0.198. The van der Waals surface area contributed by atoms with Crippen LogP contribution in [0.25, 0.3) is 0 Å². The van der Waals surface area contributed by atoms with Crippen molar-refractivity contribution in [2.45, 2.75) is 25.4 Å². The molecule has 1 aromatic heterocycles. The highest BCUT2D eigenvalue weighted by Gasteiger charge is 2.26. The van der Waals surface area contributed by atoms with Crippen LogP contribution in [0.4, 0.5) is 9.52 Å². The number of nitrogens with zero attached hydrogens (tertiary/aromatic N) is 2. The minimum absolute atomic E-state index is 0.198. The minimum atomic E-state index is -0.198. The third-order valence-corrected chi connectivity index (χ3v) is 5.08. The van der Waals surface area contributed by atoms with Crippen LogP contribution in [0.3, 0.4) is 0 Å². The van der Waals surface area contributed by atoms with E-state index in [1.165, 1.54) is 11.3 Å². The Bertz CT molecular complexity index is 616. The highest BCUT2D eigenvalue weighted by atomic mass is 79.9. The highest BCUT2D eigenvalue weighted by molar-refractivity contribution is 9.10. The van der Waals surface area contributed by atoms with Crippen LogP contribution in [0.15, 0.2) is 28.9 Å². The number of hydrogen-bond acceptors (Lipinski definition) is 4. The fourth-order valence-corrected chi connectivity index (χ4v) is 3.66. The average molecular weight is 356 g/mol. The summed E-state index contributed by atoms with van der Waals surface area (Å²) in [6.45, 7) is 1.86. The monoisotopic (exact) mass is 355 g/mol. The molecular weight excluding hydrogens is 341 g/mol. The van der Waals surface area contributed by atoms with E-state index in [2.05, 4.69) is 25.8 Å². The molecule has 2 aromatic rings. The number of halogens is 2. The maximum Gasteiger partial charge on any atom is 0.180 e. The Morgan fingerprint density at radius 2 is 2.35 bits per heavy atom. The van der Waals surface area contributed by atoms with Gasteiger partial charge in [0, 0.05) is 23.7 Å². The lowest BCUT2D eigenvalue weighted by atomic mass is 10.0. The Balaban J connectivity index is 1.79. The number of thiazole rings is 1. The molecule has 1 saturated heterocycles. The molecule has 0 aliphatic carbocycles. The van der Waals surface area contributed by atoms with Crippen molar-refractivity contribution in [1.82, 2.24) is 9.88 Å². The van der Waals surface area contributed by atoms with E-state index in [4.69, 9.17) is 5.73 Å². The maximum absolute atomic E-state index is 13.7. The van der Waals surface area contributed by atoms with E-state index in [0.717, 1.165) is 36.4 Å². The lowest BCUT2D eigenvalue weighted by molar-refractivity contribution is 0.250. The van der Waals surface area contributed by atoms with Gasteiger partial charge in [0.25, 0.3) is 0 Å². The van der Waals surface area contributed by atoms with E-state index < -0.39 is 0 Å². The van der Waals surface area contributed by atoms with Crippen molar-refractivity contribution >= 4 is 32.4 Å². The van der Waals surface area contributed by atoms with Crippen molar-refractivity contribution in [2.75, 3.05) is 12.3 Å². The normalized spacial score (nSPS) is 19.6. The number of benzene rings is 1. The van der Waals surface area contributed by atoms with Gasteiger partial charge in [-0.2, -0.15) is 0 Å². The first-order valence-electron chi connectivity index (χ1n) is 6.52. The first-order valence-corrected chi connectivity index (χ1v) is 8.13. The zero-order chi connectivity index (χ0) is 14.1. The number of aromatic nitrogens is 1. The van der Waals surface area contributed by atoms with Crippen molar-refractivity contribution < 1.29 is 4.39 Å². The zero-order valence-electron chi connectivity index (χ0n) is 10.9. The average Bonchev–Trinajstić information content (AvgIpc) is 3.03. The van der Waals surface area contributed by atoms with Crippen molar-refractivity contribution in [3.8, 4) is 0 Å². The van der Waals surface area contributed by atoms with E-state index in [9.17, 15) is 4.39 Å². The van der Waals surface area contributed by atoms with Gasteiger partial charge in [0.2, 0.25) is 0 Å². The predicted molar refractivity (Wildman–Crippen MR) is 83.0 cm³/mol. The maximum atomic E-state index is 13.7. The molecule has 0 saturated carbocycles. The molecule has 2 N–H and O–H groups in total. The Hall–Kier alpha value is -0.980. The molecule has 1 aromatic carbocycles. The number of nitrogens with two attached hydrogens (primary N) is 1. The van der Waals surface area contributed by atoms with E-state index in [0.29, 0.717) is 9.60 Å². The summed E-state index contributed by atoms with van der Waals surface area (Å²) in [5.41, 5.74) is 6.71. The van der Waals surface area contributed by atoms with Crippen LogP contribution in [0, 0.1) is 5.82 Å². The first kappa shape index (κ1) is 14.0. The second kappa shape index (κ2) is 5.79. The Kier molecular flexibility index (Phi) is 4.05. The number of rotatable bonds is 3. The molecule has 106 valence electrons. The summed E-state index contributed by atoms with van der Waals surface area (Å²) >= 11 is 4.72. The zero-order valence-corrected chi connectivity index (χ0v) is 13.3. The van der Waals surface area contributed by atoms with Gasteiger partial charge in [-0.05, 0) is 53.0 Å². The van der Waals surface area contributed by atoms with Crippen LogP contribution in [0.2, 0.25) is 0 Å². The van der Waals surface area contributed by atoms with Gasteiger partial charge < -0.3 is 5.73 Å². The molecule has 3 nitrogen and oxygen atoms in total. The van der Waals surface area contributed by atoms with Gasteiger partial charge in [-0.3, -0.25) is 4.90 Å². The molecule has 1 aliphatic rings. The van der Waals surface area contributed by atoms with Crippen LogP contribution >= 0.6 is 27.3 Å². The Labute approximate surface area is 129 Å². The lowest BCUT2D eigenvalue weighted by Crippen LogP contribution is -2.22.